The molecular weight excluding hydrogens is 228 g/mol. The zero-order valence-corrected chi connectivity index (χ0v) is 12.0. The lowest BCUT2D eigenvalue weighted by atomic mass is 10.2. The van der Waals surface area contributed by atoms with Crippen LogP contribution in [0.5, 0.6) is 0 Å². The van der Waals surface area contributed by atoms with Crippen molar-refractivity contribution < 1.29 is 5.11 Å². The van der Waals surface area contributed by atoms with Crippen LogP contribution in [-0.4, -0.2) is 41.8 Å². The molecule has 0 aliphatic heterocycles. The molecule has 1 unspecified atom stereocenters. The van der Waals surface area contributed by atoms with Crippen LogP contribution < -0.4 is 10.2 Å². The van der Waals surface area contributed by atoms with Gasteiger partial charge in [0, 0.05) is 26.1 Å². The van der Waals surface area contributed by atoms with Gasteiger partial charge in [-0.05, 0) is 20.3 Å². The van der Waals surface area contributed by atoms with E-state index in [0.717, 1.165) is 35.9 Å². The van der Waals surface area contributed by atoms with Crippen LogP contribution in [0.3, 0.4) is 0 Å². The predicted molar refractivity (Wildman–Crippen MR) is 75.3 cm³/mol. The zero-order valence-electron chi connectivity index (χ0n) is 12.0. The molecule has 5 nitrogen and oxygen atoms in total. The Morgan fingerprint density at radius 1 is 1.39 bits per heavy atom. The van der Waals surface area contributed by atoms with E-state index < -0.39 is 0 Å². The number of hydrogen-bond donors (Lipinski definition) is 2. The Bertz CT molecular complexity index is 395. The average molecular weight is 252 g/mol. The summed E-state index contributed by atoms with van der Waals surface area (Å²) in [5.41, 5.74) is 1.01. The minimum absolute atomic E-state index is 0.0396. The van der Waals surface area contributed by atoms with Gasteiger partial charge >= 0.3 is 0 Å². The normalized spacial score (nSPS) is 12.3. The van der Waals surface area contributed by atoms with Crippen molar-refractivity contribution in [3.05, 3.63) is 11.4 Å². The van der Waals surface area contributed by atoms with E-state index in [1.807, 2.05) is 32.8 Å². The summed E-state index contributed by atoms with van der Waals surface area (Å²) in [6.45, 7) is 6.19. The van der Waals surface area contributed by atoms with Crippen LogP contribution in [0.15, 0.2) is 0 Å². The molecule has 1 atom stereocenters. The Hall–Kier alpha value is -1.36. The number of hydrogen-bond acceptors (Lipinski definition) is 5. The number of nitrogens with one attached hydrogen (secondary N) is 1. The van der Waals surface area contributed by atoms with Gasteiger partial charge in [-0.3, -0.25) is 0 Å². The standard InChI is InChI=1S/C13H24N4O/c1-6-7-11-15-12(14-4)10(3)13(16-11)17(5)9(2)8-18/h9,18H,6-8H2,1-5H3,(H,14,15,16). The van der Waals surface area contributed by atoms with Crippen molar-refractivity contribution in [1.82, 2.24) is 9.97 Å². The second kappa shape index (κ2) is 6.54. The first-order chi connectivity index (χ1) is 8.54. The van der Waals surface area contributed by atoms with E-state index in [2.05, 4.69) is 22.2 Å². The number of anilines is 2. The topological polar surface area (TPSA) is 61.3 Å². The molecule has 0 saturated carbocycles. The summed E-state index contributed by atoms with van der Waals surface area (Å²) in [5.74, 6) is 2.60. The van der Waals surface area contributed by atoms with Crippen LogP contribution >= 0.6 is 0 Å². The molecule has 0 aliphatic rings. The van der Waals surface area contributed by atoms with Crippen molar-refractivity contribution in [3.8, 4) is 0 Å². The molecule has 0 amide bonds. The number of aromatic nitrogens is 2. The largest absolute Gasteiger partial charge is 0.394 e. The molecule has 1 aromatic rings. The van der Waals surface area contributed by atoms with Gasteiger partial charge in [0.25, 0.3) is 0 Å². The monoisotopic (exact) mass is 252 g/mol. The van der Waals surface area contributed by atoms with Crippen LogP contribution in [-0.2, 0) is 6.42 Å². The van der Waals surface area contributed by atoms with Crippen LogP contribution in [0.25, 0.3) is 0 Å². The second-order valence-electron chi connectivity index (χ2n) is 4.58. The van der Waals surface area contributed by atoms with Crippen molar-refractivity contribution >= 4 is 11.6 Å². The molecule has 0 aliphatic carbocycles. The molecule has 1 aromatic heterocycles. The molecule has 18 heavy (non-hydrogen) atoms. The first-order valence-electron chi connectivity index (χ1n) is 6.44. The van der Waals surface area contributed by atoms with Crippen LogP contribution in [0.4, 0.5) is 11.6 Å². The summed E-state index contributed by atoms with van der Waals surface area (Å²) >= 11 is 0. The zero-order chi connectivity index (χ0) is 13.7. The van der Waals surface area contributed by atoms with E-state index in [9.17, 15) is 5.11 Å². The maximum absolute atomic E-state index is 9.26. The van der Waals surface area contributed by atoms with E-state index in [-0.39, 0.29) is 12.6 Å². The lowest BCUT2D eigenvalue weighted by Gasteiger charge is -2.26. The quantitative estimate of drug-likeness (QED) is 0.805. The van der Waals surface area contributed by atoms with Crippen molar-refractivity contribution in [1.29, 1.82) is 0 Å². The predicted octanol–water partition coefficient (Wildman–Crippen LogP) is 1.60. The Morgan fingerprint density at radius 3 is 2.56 bits per heavy atom. The van der Waals surface area contributed by atoms with Gasteiger partial charge in [-0.25, -0.2) is 9.97 Å². The summed E-state index contributed by atoms with van der Waals surface area (Å²) in [6.07, 6.45) is 1.88. The van der Waals surface area contributed by atoms with Gasteiger partial charge in [0.15, 0.2) is 0 Å². The molecule has 0 bridgehead atoms. The van der Waals surface area contributed by atoms with Gasteiger partial charge < -0.3 is 15.3 Å². The molecule has 0 radical (unpaired) electrons. The van der Waals surface area contributed by atoms with E-state index in [1.165, 1.54) is 0 Å². The first-order valence-corrected chi connectivity index (χ1v) is 6.44. The summed E-state index contributed by atoms with van der Waals surface area (Å²) < 4.78 is 0. The average Bonchev–Trinajstić information content (AvgIpc) is 2.39. The van der Waals surface area contributed by atoms with Crippen LogP contribution in [0, 0.1) is 6.92 Å². The molecule has 0 fully saturated rings. The van der Waals surface area contributed by atoms with Crippen LogP contribution in [0.1, 0.15) is 31.7 Å². The maximum atomic E-state index is 9.26. The fraction of sp³-hybridized carbons (Fsp3) is 0.692. The third kappa shape index (κ3) is 3.10. The van der Waals surface area contributed by atoms with Crippen molar-refractivity contribution in [3.63, 3.8) is 0 Å². The van der Waals surface area contributed by atoms with Gasteiger partial charge in [0.2, 0.25) is 0 Å². The molecule has 0 saturated heterocycles. The smallest absolute Gasteiger partial charge is 0.137 e. The summed E-state index contributed by atoms with van der Waals surface area (Å²) in [6, 6.07) is 0.0396. The first kappa shape index (κ1) is 14.7. The number of aliphatic hydroxyl groups excluding tert-OH is 1. The number of likely N-dealkylation sites (N-methyl/N-ethyl adjacent to an activating group) is 1. The van der Waals surface area contributed by atoms with E-state index in [1.54, 1.807) is 0 Å². The van der Waals surface area contributed by atoms with E-state index in [4.69, 9.17) is 0 Å². The highest BCUT2D eigenvalue weighted by Gasteiger charge is 2.16. The van der Waals surface area contributed by atoms with Crippen molar-refractivity contribution in [2.24, 2.45) is 0 Å². The third-order valence-electron chi connectivity index (χ3n) is 3.14. The summed E-state index contributed by atoms with van der Waals surface area (Å²) in [4.78, 5) is 11.1. The van der Waals surface area contributed by atoms with Crippen LogP contribution in [0.2, 0.25) is 0 Å². The number of rotatable bonds is 6. The SMILES string of the molecule is CCCc1nc(NC)c(C)c(N(C)C(C)CO)n1. The molecular formula is C13H24N4O. The lowest BCUT2D eigenvalue weighted by molar-refractivity contribution is 0.269. The van der Waals surface area contributed by atoms with E-state index >= 15 is 0 Å². The Morgan fingerprint density at radius 2 is 2.06 bits per heavy atom. The maximum Gasteiger partial charge on any atom is 0.137 e. The minimum atomic E-state index is 0.0396. The van der Waals surface area contributed by atoms with Gasteiger partial charge in [-0.15, -0.1) is 0 Å². The Kier molecular flexibility index (Phi) is 5.34. The highest BCUT2D eigenvalue weighted by atomic mass is 16.3. The number of aryl methyl sites for hydroxylation is 1. The molecule has 5 heteroatoms. The highest BCUT2D eigenvalue weighted by molar-refractivity contribution is 5.58. The number of nitrogens with zero attached hydrogens (tertiary/aromatic N) is 3. The highest BCUT2D eigenvalue weighted by Crippen LogP contribution is 2.24. The molecule has 2 N–H and O–H groups in total. The fourth-order valence-corrected chi connectivity index (χ4v) is 1.80. The second-order valence-corrected chi connectivity index (χ2v) is 4.58. The van der Waals surface area contributed by atoms with Gasteiger partial charge in [0.1, 0.15) is 17.5 Å². The number of aliphatic hydroxyl groups is 1. The minimum Gasteiger partial charge on any atom is -0.394 e. The molecule has 0 aromatic carbocycles. The van der Waals surface area contributed by atoms with Gasteiger partial charge in [-0.2, -0.15) is 0 Å². The summed E-state index contributed by atoms with van der Waals surface area (Å²) in [5, 5.41) is 12.4. The molecule has 0 spiro atoms. The van der Waals surface area contributed by atoms with E-state index in [0.29, 0.717) is 0 Å². The lowest BCUT2D eigenvalue weighted by Crippen LogP contribution is -2.33. The fourth-order valence-electron chi connectivity index (χ4n) is 1.80. The summed E-state index contributed by atoms with van der Waals surface area (Å²) in [7, 11) is 3.82. The van der Waals surface area contributed by atoms with Crippen molar-refractivity contribution in [2.45, 2.75) is 39.7 Å². The molecule has 1 heterocycles. The van der Waals surface area contributed by atoms with Crippen molar-refractivity contribution in [2.75, 3.05) is 30.9 Å². The molecule has 102 valence electrons. The molecule has 1 rings (SSSR count). The third-order valence-corrected chi connectivity index (χ3v) is 3.14. The van der Waals surface area contributed by atoms with Gasteiger partial charge in [0.05, 0.1) is 12.6 Å². The van der Waals surface area contributed by atoms with Gasteiger partial charge in [-0.1, -0.05) is 6.92 Å². The Labute approximate surface area is 109 Å². The Balaban J connectivity index is 3.19.